The third-order valence-electron chi connectivity index (χ3n) is 6.33. The maximum Gasteiger partial charge on any atom is 0.352 e. The number of hydrogen-bond donors (Lipinski definition) is 3. The van der Waals surface area contributed by atoms with Gasteiger partial charge < -0.3 is 21.0 Å². The molecule has 5 rings (SSSR count). The molecule has 0 unspecified atom stereocenters. The van der Waals surface area contributed by atoms with E-state index in [9.17, 15) is 19.5 Å². The predicted molar refractivity (Wildman–Crippen MR) is 129 cm³/mol. The van der Waals surface area contributed by atoms with Crippen LogP contribution in [0.3, 0.4) is 0 Å². The zero-order valence-electron chi connectivity index (χ0n) is 19.1. The van der Waals surface area contributed by atoms with Gasteiger partial charge in [0, 0.05) is 34.0 Å². The number of fused-ring (bicyclic) bond motifs is 2. The van der Waals surface area contributed by atoms with Crippen molar-refractivity contribution in [3.8, 4) is 0 Å². The van der Waals surface area contributed by atoms with E-state index in [1.54, 1.807) is 0 Å². The third kappa shape index (κ3) is 4.10. The molecule has 4 aliphatic rings. The van der Waals surface area contributed by atoms with Crippen LogP contribution in [0.15, 0.2) is 40.0 Å². The van der Waals surface area contributed by atoms with Gasteiger partial charge in [0.1, 0.15) is 43.2 Å². The Labute approximate surface area is 208 Å². The van der Waals surface area contributed by atoms with Gasteiger partial charge in [0.2, 0.25) is 11.5 Å². The number of aliphatic carboxylic acids is 1. The van der Waals surface area contributed by atoms with E-state index in [0.717, 1.165) is 30.8 Å². The van der Waals surface area contributed by atoms with Crippen molar-refractivity contribution in [2.75, 3.05) is 32.2 Å². The number of anilines is 1. The number of nitrogen functional groups attached to an aromatic ring is 1. The first-order valence-corrected chi connectivity index (χ1v) is 12.7. The minimum atomic E-state index is -1.15. The van der Waals surface area contributed by atoms with Crippen molar-refractivity contribution in [3.63, 3.8) is 0 Å². The van der Waals surface area contributed by atoms with Crippen LogP contribution in [0.25, 0.3) is 0 Å². The summed E-state index contributed by atoms with van der Waals surface area (Å²) in [5.41, 5.74) is 8.73. The van der Waals surface area contributed by atoms with E-state index in [-0.39, 0.29) is 22.4 Å². The standard InChI is InChI=1S/C21H23N7O5S2/c1-28(6-10-4-3-5-11(10)7-28)8-12-9-34-19-14(18(30)27(19)15(12)20(31)32)23-17(29)13(25-33-2)16-24-21(22)35-26-16/h6-7,14,19H,3-5,8-9H2,1-2H3,(H3-,22,23,24,26,29,31,32)/p+1/b25-13-/t14-,19-/m1/s1. The molecule has 14 heteroatoms. The number of nitrogens with one attached hydrogen (secondary N) is 1. The average Bonchev–Trinajstić information content (AvgIpc) is 3.50. The Morgan fingerprint density at radius 3 is 2.69 bits per heavy atom. The third-order valence-corrected chi connectivity index (χ3v) is 8.21. The molecule has 2 fully saturated rings. The maximum absolute atomic E-state index is 13.0. The van der Waals surface area contributed by atoms with Crippen LogP contribution in [0, 0.1) is 0 Å². The predicted octanol–water partition coefficient (Wildman–Crippen LogP) is 0.621. The summed E-state index contributed by atoms with van der Waals surface area (Å²) >= 11 is 2.32. The van der Waals surface area contributed by atoms with Gasteiger partial charge in [-0.05, 0) is 19.3 Å². The van der Waals surface area contributed by atoms with Crippen molar-refractivity contribution in [3.05, 3.63) is 40.6 Å². The fourth-order valence-electron chi connectivity index (χ4n) is 4.96. The van der Waals surface area contributed by atoms with Crippen LogP contribution in [0.1, 0.15) is 25.1 Å². The molecular weight excluding hydrogens is 494 g/mol. The minimum absolute atomic E-state index is 0.00261. The van der Waals surface area contributed by atoms with E-state index in [4.69, 9.17) is 10.6 Å². The van der Waals surface area contributed by atoms with Gasteiger partial charge in [-0.15, -0.1) is 11.8 Å². The van der Waals surface area contributed by atoms with Crippen LogP contribution < -0.4 is 11.1 Å². The summed E-state index contributed by atoms with van der Waals surface area (Å²) in [6.07, 6.45) is 7.61. The van der Waals surface area contributed by atoms with Crippen molar-refractivity contribution in [1.82, 2.24) is 19.6 Å². The second-order valence-electron chi connectivity index (χ2n) is 8.86. The Morgan fingerprint density at radius 2 is 2.09 bits per heavy atom. The zero-order valence-corrected chi connectivity index (χ0v) is 20.7. The van der Waals surface area contributed by atoms with E-state index in [1.807, 2.05) is 7.05 Å². The number of rotatable bonds is 7. The molecule has 2 atom stereocenters. The Hall–Kier alpha value is -3.23. The number of carboxylic acid groups (broad SMARTS) is 1. The molecular formula is C21H24N7O5S2+. The molecule has 0 spiro atoms. The summed E-state index contributed by atoms with van der Waals surface area (Å²) in [4.78, 5) is 48.1. The molecule has 3 aliphatic heterocycles. The fourth-order valence-corrected chi connectivity index (χ4v) is 6.73. The molecule has 12 nitrogen and oxygen atoms in total. The number of β-lactam (4-membered cyclic amide) rings is 1. The quantitative estimate of drug-likeness (QED) is 0.203. The summed E-state index contributed by atoms with van der Waals surface area (Å²) in [7, 11) is 3.31. The van der Waals surface area contributed by atoms with Gasteiger partial charge >= 0.3 is 5.97 Å². The van der Waals surface area contributed by atoms with E-state index in [1.165, 1.54) is 34.9 Å². The van der Waals surface area contributed by atoms with Crippen LogP contribution in [-0.2, 0) is 19.2 Å². The van der Waals surface area contributed by atoms with Crippen molar-refractivity contribution in [1.29, 1.82) is 0 Å². The van der Waals surface area contributed by atoms with Crippen LogP contribution in [-0.4, -0.2) is 85.2 Å². The van der Waals surface area contributed by atoms with E-state index >= 15 is 0 Å². The molecule has 35 heavy (non-hydrogen) atoms. The number of oxime groups is 1. The second kappa shape index (κ2) is 8.77. The van der Waals surface area contributed by atoms with Gasteiger partial charge in [-0.25, -0.2) is 4.79 Å². The van der Waals surface area contributed by atoms with E-state index < -0.39 is 29.2 Å². The molecule has 1 saturated heterocycles. The van der Waals surface area contributed by atoms with Gasteiger partial charge in [0.25, 0.3) is 11.8 Å². The topological polar surface area (TPSA) is 160 Å². The maximum atomic E-state index is 13.0. The molecule has 4 N–H and O–H groups in total. The monoisotopic (exact) mass is 518 g/mol. The lowest BCUT2D eigenvalue weighted by atomic mass is 10.0. The Bertz CT molecular complexity index is 1230. The normalized spacial score (nSPS) is 24.9. The minimum Gasteiger partial charge on any atom is -0.477 e. The average molecular weight is 519 g/mol. The van der Waals surface area contributed by atoms with Crippen molar-refractivity contribution in [2.24, 2.45) is 5.16 Å². The number of thioether (sulfide) groups is 1. The summed E-state index contributed by atoms with van der Waals surface area (Å²) in [5, 5.41) is 15.9. The summed E-state index contributed by atoms with van der Waals surface area (Å²) < 4.78 is 4.46. The number of amides is 2. The smallest absolute Gasteiger partial charge is 0.352 e. The number of allylic oxidation sites excluding steroid dienone is 2. The molecule has 0 aromatic carbocycles. The van der Waals surface area contributed by atoms with Gasteiger partial charge in [-0.3, -0.25) is 19.0 Å². The number of nitrogens with two attached hydrogens (primary N) is 1. The number of carbonyl (C=O) groups excluding carboxylic acids is 2. The fraction of sp³-hybridized carbons (Fsp3) is 0.429. The first-order valence-electron chi connectivity index (χ1n) is 10.9. The van der Waals surface area contributed by atoms with E-state index in [0.29, 0.717) is 22.4 Å². The van der Waals surface area contributed by atoms with Gasteiger partial charge in [-0.1, -0.05) is 5.16 Å². The molecule has 184 valence electrons. The highest BCUT2D eigenvalue weighted by Crippen LogP contribution is 2.43. The molecule has 1 aliphatic carbocycles. The first kappa shape index (κ1) is 23.5. The van der Waals surface area contributed by atoms with Crippen molar-refractivity contribution in [2.45, 2.75) is 30.7 Å². The number of quaternary nitrogens is 1. The molecule has 1 aromatic rings. The largest absolute Gasteiger partial charge is 0.477 e. The molecule has 1 aromatic heterocycles. The van der Waals surface area contributed by atoms with Crippen molar-refractivity contribution < 1.29 is 28.8 Å². The van der Waals surface area contributed by atoms with Gasteiger partial charge in [0.05, 0.1) is 7.05 Å². The number of aromatic nitrogens is 2. The summed E-state index contributed by atoms with van der Waals surface area (Å²) in [6, 6.07) is -0.915. The molecule has 0 bridgehead atoms. The van der Waals surface area contributed by atoms with Crippen molar-refractivity contribution >= 4 is 51.9 Å². The highest BCUT2D eigenvalue weighted by Gasteiger charge is 2.55. The zero-order chi connectivity index (χ0) is 24.9. The van der Waals surface area contributed by atoms with Gasteiger partial charge in [0.15, 0.2) is 5.13 Å². The molecule has 2 amide bonds. The van der Waals surface area contributed by atoms with Crippen LogP contribution in [0.2, 0.25) is 0 Å². The molecule has 1 saturated carbocycles. The molecule has 0 radical (unpaired) electrons. The van der Waals surface area contributed by atoms with E-state index in [2.05, 4.69) is 32.2 Å². The lowest BCUT2D eigenvalue weighted by Gasteiger charge is -2.49. The van der Waals surface area contributed by atoms with Crippen LogP contribution in [0.5, 0.6) is 0 Å². The lowest BCUT2D eigenvalue weighted by molar-refractivity contribution is -0.799. The Morgan fingerprint density at radius 1 is 1.37 bits per heavy atom. The summed E-state index contributed by atoms with van der Waals surface area (Å²) in [6.45, 7) is 0.469. The number of hydrogen-bond acceptors (Lipinski definition) is 10. The number of carbonyl (C=O) groups is 3. The first-order chi connectivity index (χ1) is 16.7. The Kier molecular flexibility index (Phi) is 5.89. The van der Waals surface area contributed by atoms with Crippen LogP contribution in [0.4, 0.5) is 5.13 Å². The number of nitrogens with zero attached hydrogens (tertiary/aromatic N) is 5. The van der Waals surface area contributed by atoms with Crippen LogP contribution >= 0.6 is 23.3 Å². The highest BCUT2D eigenvalue weighted by molar-refractivity contribution is 8.00. The highest BCUT2D eigenvalue weighted by atomic mass is 32.2. The second-order valence-corrected chi connectivity index (χ2v) is 10.8. The SMILES string of the molecule is CO/N=C(\C(=O)N[C@@H]1C(=O)N2C(C(=O)O)=C(C[N+]3(C)C=C4CCCC4=C3)CS[C@H]12)c1nsc(N)n1. The molecule has 4 heterocycles. The summed E-state index contributed by atoms with van der Waals surface area (Å²) in [5.74, 6) is -1.94. The number of carboxylic acids is 1. The Balaban J connectivity index is 1.34. The van der Waals surface area contributed by atoms with Gasteiger partial charge in [-0.2, -0.15) is 9.36 Å². The number of likely N-dealkylation sites (N-methyl/N-ethyl adjacent to an activating group) is 1. The lowest BCUT2D eigenvalue weighted by Crippen LogP contribution is -2.71.